The van der Waals surface area contributed by atoms with E-state index in [1.807, 2.05) is 44.2 Å². The summed E-state index contributed by atoms with van der Waals surface area (Å²) >= 11 is 0. The fraction of sp³-hybridized carbons (Fsp3) is 0.429. The molecular weight excluding hydrogens is 244 g/mol. The first-order valence-corrected chi connectivity index (χ1v) is 7.96. The number of hydrogen-bond donors (Lipinski definition) is 0. The minimum absolute atomic E-state index is 0.116. The molecule has 0 fully saturated rings. The van der Waals surface area contributed by atoms with E-state index in [9.17, 15) is 0 Å². The van der Waals surface area contributed by atoms with Crippen molar-refractivity contribution in [1.82, 2.24) is 0 Å². The van der Waals surface area contributed by atoms with E-state index >= 15 is 0 Å². The lowest BCUT2D eigenvalue weighted by Crippen LogP contribution is -2.21. The standard InChI is InChI=1S/C14H22O3Si/c1-4-12-8-7-9-13(10-12)17-18-11-14(15-5-2)16-6-3/h4,7-10,14H,1,5-6,11,18H2,2-3H3. The topological polar surface area (TPSA) is 27.7 Å². The summed E-state index contributed by atoms with van der Waals surface area (Å²) in [6.45, 7) is 9.04. The van der Waals surface area contributed by atoms with E-state index in [0.29, 0.717) is 13.2 Å². The van der Waals surface area contributed by atoms with Gasteiger partial charge in [0.05, 0.1) is 0 Å². The highest BCUT2D eigenvalue weighted by Gasteiger charge is 2.08. The smallest absolute Gasteiger partial charge is 0.224 e. The predicted molar refractivity (Wildman–Crippen MR) is 77.6 cm³/mol. The molecule has 0 aliphatic rings. The Balaban J connectivity index is 2.36. The monoisotopic (exact) mass is 266 g/mol. The molecule has 0 heterocycles. The van der Waals surface area contributed by atoms with Gasteiger partial charge in [-0.3, -0.25) is 0 Å². The van der Waals surface area contributed by atoms with E-state index in [4.69, 9.17) is 13.9 Å². The van der Waals surface area contributed by atoms with Crippen molar-refractivity contribution >= 4 is 15.8 Å². The highest BCUT2D eigenvalue weighted by atomic mass is 28.2. The molecule has 0 bridgehead atoms. The van der Waals surface area contributed by atoms with E-state index in [1.165, 1.54) is 0 Å². The zero-order chi connectivity index (χ0) is 13.2. The average Bonchev–Trinajstić information content (AvgIpc) is 2.39. The van der Waals surface area contributed by atoms with Crippen LogP contribution < -0.4 is 4.43 Å². The van der Waals surface area contributed by atoms with Crippen molar-refractivity contribution in [2.24, 2.45) is 0 Å². The number of ether oxygens (including phenoxy) is 2. The fourth-order valence-electron chi connectivity index (χ4n) is 1.59. The molecule has 0 spiro atoms. The molecule has 1 aromatic carbocycles. The van der Waals surface area contributed by atoms with E-state index in [1.54, 1.807) is 0 Å². The summed E-state index contributed by atoms with van der Waals surface area (Å²) in [7, 11) is -0.683. The van der Waals surface area contributed by atoms with Gasteiger partial charge in [0.1, 0.15) is 5.75 Å². The Bertz CT molecular complexity index is 349. The summed E-state index contributed by atoms with van der Waals surface area (Å²) in [6, 6.07) is 8.81. The normalized spacial score (nSPS) is 11.3. The van der Waals surface area contributed by atoms with Crippen LogP contribution >= 0.6 is 0 Å². The summed E-state index contributed by atoms with van der Waals surface area (Å²) in [6.07, 6.45) is 1.70. The van der Waals surface area contributed by atoms with Crippen LogP contribution in [0.2, 0.25) is 6.04 Å². The molecule has 3 nitrogen and oxygen atoms in total. The lowest BCUT2D eigenvalue weighted by Gasteiger charge is -2.16. The first-order chi connectivity index (χ1) is 8.80. The van der Waals surface area contributed by atoms with Gasteiger partial charge < -0.3 is 13.9 Å². The Morgan fingerprint density at radius 1 is 1.28 bits per heavy atom. The molecule has 1 aromatic rings. The third-order valence-electron chi connectivity index (χ3n) is 2.42. The van der Waals surface area contributed by atoms with Gasteiger partial charge in [-0.25, -0.2) is 0 Å². The molecule has 18 heavy (non-hydrogen) atoms. The molecule has 0 aliphatic carbocycles. The third-order valence-corrected chi connectivity index (χ3v) is 3.67. The predicted octanol–water partition coefficient (Wildman–Crippen LogP) is 2.61. The summed E-state index contributed by atoms with van der Waals surface area (Å²) in [5.41, 5.74) is 1.08. The minimum Gasteiger partial charge on any atom is -0.549 e. The van der Waals surface area contributed by atoms with Crippen LogP contribution in [-0.4, -0.2) is 29.3 Å². The Hall–Kier alpha value is -1.10. The maximum atomic E-state index is 5.80. The van der Waals surface area contributed by atoms with Crippen molar-refractivity contribution in [1.29, 1.82) is 0 Å². The third kappa shape index (κ3) is 5.49. The second-order valence-corrected chi connectivity index (χ2v) is 5.03. The first-order valence-electron chi connectivity index (χ1n) is 6.38. The fourth-order valence-corrected chi connectivity index (χ4v) is 2.65. The number of hydrogen-bond acceptors (Lipinski definition) is 3. The SMILES string of the molecule is C=Cc1cccc(O[SiH2]CC(OCC)OCC)c1. The van der Waals surface area contributed by atoms with E-state index < -0.39 is 9.76 Å². The molecule has 0 amide bonds. The zero-order valence-corrected chi connectivity index (χ0v) is 12.6. The molecule has 0 unspecified atom stereocenters. The van der Waals surface area contributed by atoms with Crippen molar-refractivity contribution < 1.29 is 13.9 Å². The molecule has 0 saturated carbocycles. The van der Waals surface area contributed by atoms with Crippen LogP contribution in [0.5, 0.6) is 5.75 Å². The van der Waals surface area contributed by atoms with Crippen LogP contribution in [0, 0.1) is 0 Å². The Morgan fingerprint density at radius 3 is 2.61 bits per heavy atom. The highest BCUT2D eigenvalue weighted by Crippen LogP contribution is 2.14. The Morgan fingerprint density at radius 2 is 2.00 bits per heavy atom. The maximum absolute atomic E-state index is 5.80. The largest absolute Gasteiger partial charge is 0.549 e. The van der Waals surface area contributed by atoms with E-state index in [0.717, 1.165) is 17.4 Å². The molecule has 100 valence electrons. The van der Waals surface area contributed by atoms with Crippen molar-refractivity contribution in [3.8, 4) is 5.75 Å². The van der Waals surface area contributed by atoms with Crippen LogP contribution in [0.1, 0.15) is 19.4 Å². The van der Waals surface area contributed by atoms with Gasteiger partial charge in [-0.1, -0.05) is 24.8 Å². The van der Waals surface area contributed by atoms with Crippen molar-refractivity contribution in [2.45, 2.75) is 26.2 Å². The second kappa shape index (κ2) is 8.91. The Labute approximate surface area is 112 Å². The van der Waals surface area contributed by atoms with Crippen LogP contribution in [-0.2, 0) is 9.47 Å². The van der Waals surface area contributed by atoms with E-state index in [-0.39, 0.29) is 6.29 Å². The Kier molecular flexibility index (Phi) is 7.40. The van der Waals surface area contributed by atoms with Gasteiger partial charge in [-0.05, 0) is 31.5 Å². The van der Waals surface area contributed by atoms with Crippen LogP contribution in [0.25, 0.3) is 6.08 Å². The van der Waals surface area contributed by atoms with Gasteiger partial charge in [-0.2, -0.15) is 0 Å². The van der Waals surface area contributed by atoms with Gasteiger partial charge in [0.2, 0.25) is 9.76 Å². The maximum Gasteiger partial charge on any atom is 0.224 e. The van der Waals surface area contributed by atoms with Crippen LogP contribution in [0.15, 0.2) is 30.8 Å². The van der Waals surface area contributed by atoms with Gasteiger partial charge >= 0.3 is 0 Å². The minimum atomic E-state index is -0.683. The lowest BCUT2D eigenvalue weighted by molar-refractivity contribution is -0.123. The van der Waals surface area contributed by atoms with Gasteiger partial charge in [-0.15, -0.1) is 0 Å². The average molecular weight is 266 g/mol. The van der Waals surface area contributed by atoms with Crippen LogP contribution in [0.4, 0.5) is 0 Å². The second-order valence-electron chi connectivity index (χ2n) is 3.75. The molecule has 0 radical (unpaired) electrons. The van der Waals surface area contributed by atoms with Crippen molar-refractivity contribution in [3.63, 3.8) is 0 Å². The molecule has 4 heteroatoms. The van der Waals surface area contributed by atoms with Crippen molar-refractivity contribution in [3.05, 3.63) is 36.4 Å². The molecule has 0 aromatic heterocycles. The quantitative estimate of drug-likeness (QED) is 0.508. The molecule has 0 saturated heterocycles. The van der Waals surface area contributed by atoms with Gasteiger partial charge in [0.15, 0.2) is 6.29 Å². The summed E-state index contributed by atoms with van der Waals surface area (Å²) in [5, 5.41) is 0. The van der Waals surface area contributed by atoms with E-state index in [2.05, 4.69) is 6.58 Å². The zero-order valence-electron chi connectivity index (χ0n) is 11.2. The summed E-state index contributed by atoms with van der Waals surface area (Å²) in [4.78, 5) is 0. The summed E-state index contributed by atoms with van der Waals surface area (Å²) in [5.74, 6) is 0.908. The molecule has 0 aliphatic heterocycles. The molecule has 1 rings (SSSR count). The van der Waals surface area contributed by atoms with Crippen molar-refractivity contribution in [2.75, 3.05) is 13.2 Å². The summed E-state index contributed by atoms with van der Waals surface area (Å²) < 4.78 is 16.8. The van der Waals surface area contributed by atoms with Gasteiger partial charge in [0.25, 0.3) is 0 Å². The lowest BCUT2D eigenvalue weighted by atomic mass is 10.2. The molecule has 0 atom stereocenters. The highest BCUT2D eigenvalue weighted by molar-refractivity contribution is 6.28. The van der Waals surface area contributed by atoms with Gasteiger partial charge in [0, 0.05) is 19.3 Å². The number of benzene rings is 1. The molecular formula is C14H22O3Si. The number of rotatable bonds is 9. The van der Waals surface area contributed by atoms with Crippen LogP contribution in [0.3, 0.4) is 0 Å². The first kappa shape index (κ1) is 15.0. The molecule has 0 N–H and O–H groups in total.